The van der Waals surface area contributed by atoms with Gasteiger partial charge < -0.3 is 9.30 Å². The molecule has 27 heavy (non-hydrogen) atoms. The lowest BCUT2D eigenvalue weighted by molar-refractivity contribution is 0.302. The van der Waals surface area contributed by atoms with Gasteiger partial charge in [-0.25, -0.2) is 4.98 Å². The molecule has 1 aromatic heterocycles. The Morgan fingerprint density at radius 1 is 0.778 bits per heavy atom. The van der Waals surface area contributed by atoms with Crippen molar-refractivity contribution in [3.63, 3.8) is 0 Å². The van der Waals surface area contributed by atoms with Gasteiger partial charge in [0.15, 0.2) is 0 Å². The van der Waals surface area contributed by atoms with Gasteiger partial charge in [-0.05, 0) is 42.3 Å². The van der Waals surface area contributed by atoms with Gasteiger partial charge in [0.1, 0.15) is 11.6 Å². The summed E-state index contributed by atoms with van der Waals surface area (Å²) in [6, 6.07) is 28.5. The minimum absolute atomic E-state index is 0.679. The first-order valence-electron chi connectivity index (χ1n) is 9.26. The molecule has 0 bridgehead atoms. The molecule has 0 atom stereocenters. The van der Waals surface area contributed by atoms with E-state index in [1.54, 1.807) is 0 Å². The average molecular weight is 354 g/mol. The van der Waals surface area contributed by atoms with Crippen molar-refractivity contribution < 1.29 is 4.74 Å². The van der Waals surface area contributed by atoms with E-state index in [9.17, 15) is 0 Å². The van der Waals surface area contributed by atoms with Crippen LogP contribution < -0.4 is 4.74 Å². The average Bonchev–Trinajstić information content (AvgIpc) is 3.09. The maximum atomic E-state index is 5.83. The van der Waals surface area contributed by atoms with Crippen molar-refractivity contribution in [3.05, 3.63) is 96.3 Å². The van der Waals surface area contributed by atoms with E-state index in [-0.39, 0.29) is 0 Å². The smallest absolute Gasteiger partial charge is 0.133 e. The van der Waals surface area contributed by atoms with Gasteiger partial charge in [0.2, 0.25) is 0 Å². The molecule has 134 valence electrons. The van der Waals surface area contributed by atoms with Crippen molar-refractivity contribution in [2.45, 2.75) is 13.0 Å². The highest BCUT2D eigenvalue weighted by Gasteiger charge is 2.08. The number of benzene rings is 3. The normalized spacial score (nSPS) is 11.3. The van der Waals surface area contributed by atoms with Gasteiger partial charge >= 0.3 is 0 Å². The minimum Gasteiger partial charge on any atom is -0.494 e. The van der Waals surface area contributed by atoms with E-state index in [1.165, 1.54) is 5.56 Å². The Kier molecular flexibility index (Phi) is 5.30. The molecule has 3 aromatic carbocycles. The summed E-state index contributed by atoms with van der Waals surface area (Å²) < 4.78 is 8.10. The zero-order valence-corrected chi connectivity index (χ0v) is 15.2. The SMILES string of the molecule is C(=C\c1nc2ccccc2n1CCCOc1ccccc1)/c1ccccc1. The van der Waals surface area contributed by atoms with Crippen LogP contribution in [-0.2, 0) is 6.54 Å². The minimum atomic E-state index is 0.679. The van der Waals surface area contributed by atoms with E-state index in [1.807, 2.05) is 54.6 Å². The Morgan fingerprint density at radius 3 is 2.30 bits per heavy atom. The first-order chi connectivity index (χ1) is 13.4. The molecule has 0 aliphatic carbocycles. The topological polar surface area (TPSA) is 27.1 Å². The molecule has 0 amide bonds. The fraction of sp³-hybridized carbons (Fsp3) is 0.125. The van der Waals surface area contributed by atoms with Crippen LogP contribution in [-0.4, -0.2) is 16.2 Å². The monoisotopic (exact) mass is 354 g/mol. The van der Waals surface area contributed by atoms with Crippen molar-refractivity contribution in [1.29, 1.82) is 0 Å². The number of hydrogen-bond acceptors (Lipinski definition) is 2. The Labute approximate surface area is 159 Å². The molecule has 4 rings (SSSR count). The number of rotatable bonds is 7. The predicted octanol–water partition coefficient (Wildman–Crippen LogP) is 5.68. The maximum Gasteiger partial charge on any atom is 0.133 e. The molecule has 0 spiro atoms. The molecule has 0 N–H and O–H groups in total. The highest BCUT2D eigenvalue weighted by atomic mass is 16.5. The molecule has 0 saturated heterocycles. The number of aromatic nitrogens is 2. The Hall–Kier alpha value is -3.33. The van der Waals surface area contributed by atoms with Crippen molar-refractivity contribution in [1.82, 2.24) is 9.55 Å². The van der Waals surface area contributed by atoms with Crippen molar-refractivity contribution in [2.75, 3.05) is 6.61 Å². The van der Waals surface area contributed by atoms with Gasteiger partial charge in [-0.3, -0.25) is 0 Å². The van der Waals surface area contributed by atoms with E-state index in [0.717, 1.165) is 35.6 Å². The second-order valence-corrected chi connectivity index (χ2v) is 6.37. The maximum absolute atomic E-state index is 5.83. The number of aryl methyl sites for hydroxylation is 1. The quantitative estimate of drug-likeness (QED) is 0.400. The van der Waals surface area contributed by atoms with Gasteiger partial charge in [-0.15, -0.1) is 0 Å². The highest BCUT2D eigenvalue weighted by molar-refractivity contribution is 5.79. The highest BCUT2D eigenvalue weighted by Crippen LogP contribution is 2.19. The lowest BCUT2D eigenvalue weighted by Gasteiger charge is -2.09. The number of hydrogen-bond donors (Lipinski definition) is 0. The molecule has 0 unspecified atom stereocenters. The third kappa shape index (κ3) is 4.26. The van der Waals surface area contributed by atoms with Crippen LogP contribution in [0.4, 0.5) is 0 Å². The van der Waals surface area contributed by atoms with Gasteiger partial charge in [0.25, 0.3) is 0 Å². The van der Waals surface area contributed by atoms with E-state index < -0.39 is 0 Å². The van der Waals surface area contributed by atoms with Crippen molar-refractivity contribution in [3.8, 4) is 5.75 Å². The number of imidazole rings is 1. The summed E-state index contributed by atoms with van der Waals surface area (Å²) in [5.41, 5.74) is 3.35. The third-order valence-corrected chi connectivity index (χ3v) is 4.45. The predicted molar refractivity (Wildman–Crippen MR) is 112 cm³/mol. The van der Waals surface area contributed by atoms with Crippen LogP contribution in [0.3, 0.4) is 0 Å². The fourth-order valence-corrected chi connectivity index (χ4v) is 3.12. The van der Waals surface area contributed by atoms with E-state index >= 15 is 0 Å². The molecule has 3 heteroatoms. The van der Waals surface area contributed by atoms with E-state index in [0.29, 0.717) is 6.61 Å². The van der Waals surface area contributed by atoms with Gasteiger partial charge in [-0.2, -0.15) is 0 Å². The largest absolute Gasteiger partial charge is 0.494 e. The molecule has 0 radical (unpaired) electrons. The number of nitrogens with zero attached hydrogens (tertiary/aromatic N) is 2. The van der Waals surface area contributed by atoms with Crippen molar-refractivity contribution >= 4 is 23.2 Å². The molecular weight excluding hydrogens is 332 g/mol. The summed E-state index contributed by atoms with van der Waals surface area (Å²) in [5, 5.41) is 0. The Balaban J connectivity index is 1.50. The summed E-state index contributed by atoms with van der Waals surface area (Å²) in [7, 11) is 0. The van der Waals surface area contributed by atoms with E-state index in [4.69, 9.17) is 9.72 Å². The second-order valence-electron chi connectivity index (χ2n) is 6.37. The number of fused-ring (bicyclic) bond motifs is 1. The van der Waals surface area contributed by atoms with Crippen LogP contribution >= 0.6 is 0 Å². The summed E-state index contributed by atoms with van der Waals surface area (Å²) in [4.78, 5) is 4.80. The zero-order chi connectivity index (χ0) is 18.3. The lowest BCUT2D eigenvalue weighted by atomic mass is 10.2. The molecule has 3 nitrogen and oxygen atoms in total. The van der Waals surface area contributed by atoms with Crippen LogP contribution in [0.15, 0.2) is 84.9 Å². The summed E-state index contributed by atoms with van der Waals surface area (Å²) in [6.07, 6.45) is 5.12. The number of para-hydroxylation sites is 3. The van der Waals surface area contributed by atoms with Crippen LogP contribution in [0, 0.1) is 0 Å². The van der Waals surface area contributed by atoms with Crippen LogP contribution in [0.2, 0.25) is 0 Å². The Bertz CT molecular complexity index is 1020. The summed E-state index contributed by atoms with van der Waals surface area (Å²) >= 11 is 0. The summed E-state index contributed by atoms with van der Waals surface area (Å²) in [5.74, 6) is 1.89. The molecule has 0 aliphatic rings. The standard InChI is InChI=1S/C24H22N2O/c1-3-10-20(11-4-1)16-17-24-25-22-14-7-8-15-23(22)26(24)18-9-19-27-21-12-5-2-6-13-21/h1-8,10-17H,9,18-19H2/b17-16+. The molecule has 0 saturated carbocycles. The van der Waals surface area contributed by atoms with Crippen molar-refractivity contribution in [2.24, 2.45) is 0 Å². The van der Waals surface area contributed by atoms with E-state index in [2.05, 4.69) is 47.1 Å². The van der Waals surface area contributed by atoms with Crippen LogP contribution in [0.25, 0.3) is 23.2 Å². The number of ether oxygens (including phenoxy) is 1. The molecular formula is C24H22N2O. The second kappa shape index (κ2) is 8.37. The zero-order valence-electron chi connectivity index (χ0n) is 15.2. The molecule has 0 fully saturated rings. The van der Waals surface area contributed by atoms with Gasteiger partial charge in [0.05, 0.1) is 17.6 Å². The Morgan fingerprint density at radius 2 is 1.48 bits per heavy atom. The summed E-state index contributed by atoms with van der Waals surface area (Å²) in [6.45, 7) is 1.54. The molecule has 0 aliphatic heterocycles. The first kappa shape index (κ1) is 17.1. The fourth-order valence-electron chi connectivity index (χ4n) is 3.12. The van der Waals surface area contributed by atoms with Crippen LogP contribution in [0.1, 0.15) is 17.8 Å². The lowest BCUT2D eigenvalue weighted by Crippen LogP contribution is -2.06. The first-order valence-corrected chi connectivity index (χ1v) is 9.26. The van der Waals surface area contributed by atoms with Crippen LogP contribution in [0.5, 0.6) is 5.75 Å². The van der Waals surface area contributed by atoms with Gasteiger partial charge in [-0.1, -0.05) is 66.7 Å². The third-order valence-electron chi connectivity index (χ3n) is 4.45. The van der Waals surface area contributed by atoms with Gasteiger partial charge in [0, 0.05) is 6.54 Å². The molecule has 4 aromatic rings. The molecule has 1 heterocycles.